The molecular weight excluding hydrogens is 288 g/mol. The normalized spacial score (nSPS) is 28.7. The standard InChI is InChI=1S/C14H16N4S2/c1-5-15-6-2-11(1)19-14-13(16-20-17-14)12-9-18-7-3-10(12)4-8-18/h1-2,5-6,10,12H,3-4,7-9H2. The zero-order valence-electron chi connectivity index (χ0n) is 11.1. The van der Waals surface area contributed by atoms with Crippen molar-refractivity contribution in [2.75, 3.05) is 19.6 Å². The van der Waals surface area contributed by atoms with Gasteiger partial charge in [0.05, 0.1) is 17.4 Å². The summed E-state index contributed by atoms with van der Waals surface area (Å²) < 4.78 is 9.15. The minimum Gasteiger partial charge on any atom is -0.303 e. The maximum absolute atomic E-state index is 4.62. The molecule has 2 aromatic rings. The predicted octanol–water partition coefficient (Wildman–Crippen LogP) is 2.89. The fraction of sp³-hybridized carbons (Fsp3) is 0.500. The Balaban J connectivity index is 1.59. The van der Waals surface area contributed by atoms with E-state index < -0.39 is 0 Å². The molecule has 2 bridgehead atoms. The van der Waals surface area contributed by atoms with Crippen LogP contribution in [0.4, 0.5) is 0 Å². The molecule has 5 rings (SSSR count). The van der Waals surface area contributed by atoms with Crippen LogP contribution >= 0.6 is 23.5 Å². The summed E-state index contributed by atoms with van der Waals surface area (Å²) in [5.41, 5.74) is 1.23. The molecule has 3 aliphatic heterocycles. The highest BCUT2D eigenvalue weighted by molar-refractivity contribution is 7.99. The van der Waals surface area contributed by atoms with E-state index in [0.29, 0.717) is 5.92 Å². The monoisotopic (exact) mass is 304 g/mol. The molecule has 0 spiro atoms. The molecule has 20 heavy (non-hydrogen) atoms. The van der Waals surface area contributed by atoms with Crippen LogP contribution in [0.3, 0.4) is 0 Å². The lowest BCUT2D eigenvalue weighted by Crippen LogP contribution is -2.46. The first kappa shape index (κ1) is 12.7. The summed E-state index contributed by atoms with van der Waals surface area (Å²) in [7, 11) is 0. The van der Waals surface area contributed by atoms with Crippen molar-refractivity contribution in [1.82, 2.24) is 18.6 Å². The van der Waals surface area contributed by atoms with Gasteiger partial charge in [0, 0.05) is 29.8 Å². The van der Waals surface area contributed by atoms with Crippen molar-refractivity contribution in [2.24, 2.45) is 5.92 Å². The molecule has 0 aromatic carbocycles. The third kappa shape index (κ3) is 2.36. The SMILES string of the molecule is c1cc(Sc2nsnc2C2CN3CCC2CC3)ccn1. The van der Waals surface area contributed by atoms with Gasteiger partial charge in [0.25, 0.3) is 0 Å². The molecular formula is C14H16N4S2. The molecule has 1 atom stereocenters. The van der Waals surface area contributed by atoms with Crippen LogP contribution in [0.5, 0.6) is 0 Å². The first-order valence-corrected chi connectivity index (χ1v) is 8.57. The van der Waals surface area contributed by atoms with Crippen LogP contribution in [-0.4, -0.2) is 38.3 Å². The van der Waals surface area contributed by atoms with Gasteiger partial charge in [0.1, 0.15) is 5.03 Å². The van der Waals surface area contributed by atoms with Gasteiger partial charge in [-0.2, -0.15) is 8.75 Å². The van der Waals surface area contributed by atoms with Gasteiger partial charge in [0.2, 0.25) is 0 Å². The molecule has 104 valence electrons. The Kier molecular flexibility index (Phi) is 3.45. The predicted molar refractivity (Wildman–Crippen MR) is 80.2 cm³/mol. The fourth-order valence-electron chi connectivity index (χ4n) is 3.28. The summed E-state index contributed by atoms with van der Waals surface area (Å²) in [5.74, 6) is 1.39. The summed E-state index contributed by atoms with van der Waals surface area (Å²) in [6.45, 7) is 3.71. The summed E-state index contributed by atoms with van der Waals surface area (Å²) in [6, 6.07) is 4.06. The van der Waals surface area contributed by atoms with Gasteiger partial charge in [-0.25, -0.2) is 0 Å². The van der Waals surface area contributed by atoms with E-state index in [9.17, 15) is 0 Å². The number of pyridine rings is 1. The molecule has 3 saturated heterocycles. The first-order chi connectivity index (χ1) is 9.90. The van der Waals surface area contributed by atoms with Crippen molar-refractivity contribution in [3.05, 3.63) is 30.2 Å². The number of rotatable bonds is 3. The number of hydrogen-bond acceptors (Lipinski definition) is 6. The van der Waals surface area contributed by atoms with E-state index in [1.54, 1.807) is 11.8 Å². The lowest BCUT2D eigenvalue weighted by atomic mass is 9.78. The molecule has 1 unspecified atom stereocenters. The Morgan fingerprint density at radius 1 is 1.15 bits per heavy atom. The molecule has 0 N–H and O–H groups in total. The third-order valence-electron chi connectivity index (χ3n) is 4.35. The second-order valence-electron chi connectivity index (χ2n) is 5.48. The number of piperidine rings is 3. The van der Waals surface area contributed by atoms with E-state index in [0.717, 1.165) is 10.9 Å². The zero-order valence-corrected chi connectivity index (χ0v) is 12.7. The van der Waals surface area contributed by atoms with Crippen molar-refractivity contribution in [1.29, 1.82) is 0 Å². The molecule has 0 amide bonds. The van der Waals surface area contributed by atoms with Gasteiger partial charge in [-0.1, -0.05) is 11.8 Å². The first-order valence-electron chi connectivity index (χ1n) is 7.03. The van der Waals surface area contributed by atoms with Crippen LogP contribution in [0, 0.1) is 5.92 Å². The van der Waals surface area contributed by atoms with Crippen molar-refractivity contribution in [3.63, 3.8) is 0 Å². The van der Waals surface area contributed by atoms with Gasteiger partial charge in [-0.15, -0.1) is 0 Å². The van der Waals surface area contributed by atoms with Crippen molar-refractivity contribution < 1.29 is 0 Å². The van der Waals surface area contributed by atoms with E-state index in [-0.39, 0.29) is 0 Å². The molecule has 4 nitrogen and oxygen atoms in total. The van der Waals surface area contributed by atoms with Crippen molar-refractivity contribution in [2.45, 2.75) is 28.7 Å². The second-order valence-corrected chi connectivity index (χ2v) is 7.07. The number of hydrogen-bond donors (Lipinski definition) is 0. The van der Waals surface area contributed by atoms with Gasteiger partial charge in [0.15, 0.2) is 0 Å². The fourth-order valence-corrected chi connectivity index (χ4v) is 4.89. The molecule has 3 aliphatic rings. The summed E-state index contributed by atoms with van der Waals surface area (Å²) >= 11 is 3.07. The van der Waals surface area contributed by atoms with Gasteiger partial charge < -0.3 is 4.90 Å². The van der Waals surface area contributed by atoms with Crippen LogP contribution in [-0.2, 0) is 0 Å². The van der Waals surface area contributed by atoms with Gasteiger partial charge >= 0.3 is 0 Å². The largest absolute Gasteiger partial charge is 0.303 e. The number of fused-ring (bicyclic) bond motifs is 3. The number of aromatic nitrogens is 3. The molecule has 0 radical (unpaired) electrons. The molecule has 0 aliphatic carbocycles. The Bertz CT molecular complexity index is 578. The van der Waals surface area contributed by atoms with E-state index >= 15 is 0 Å². The topological polar surface area (TPSA) is 41.9 Å². The van der Waals surface area contributed by atoms with Crippen LogP contribution < -0.4 is 0 Å². The Labute approximate surface area is 126 Å². The second kappa shape index (κ2) is 5.42. The van der Waals surface area contributed by atoms with Gasteiger partial charge in [-0.05, 0) is 44.0 Å². The van der Waals surface area contributed by atoms with E-state index in [2.05, 4.69) is 18.6 Å². The highest BCUT2D eigenvalue weighted by atomic mass is 32.2. The molecule has 3 fully saturated rings. The molecule has 0 saturated carbocycles. The molecule has 2 aromatic heterocycles. The minimum atomic E-state index is 0.584. The average Bonchev–Trinajstić information content (AvgIpc) is 2.97. The maximum Gasteiger partial charge on any atom is 0.138 e. The summed E-state index contributed by atoms with van der Waals surface area (Å²) in [4.78, 5) is 7.83. The third-order valence-corrected chi connectivity index (χ3v) is 6.01. The molecule has 6 heteroatoms. The summed E-state index contributed by atoms with van der Waals surface area (Å²) in [6.07, 6.45) is 6.30. The van der Waals surface area contributed by atoms with E-state index in [4.69, 9.17) is 0 Å². The Morgan fingerprint density at radius 3 is 2.65 bits per heavy atom. The van der Waals surface area contributed by atoms with Crippen molar-refractivity contribution >= 4 is 23.5 Å². The number of nitrogens with zero attached hydrogens (tertiary/aromatic N) is 4. The minimum absolute atomic E-state index is 0.584. The lowest BCUT2D eigenvalue weighted by molar-refractivity contribution is 0.0846. The van der Waals surface area contributed by atoms with E-state index in [1.807, 2.05) is 24.5 Å². The maximum atomic E-state index is 4.62. The Hall–Kier alpha value is -0.980. The highest BCUT2D eigenvalue weighted by Gasteiger charge is 2.37. The Morgan fingerprint density at radius 2 is 1.95 bits per heavy atom. The lowest BCUT2D eigenvalue weighted by Gasteiger charge is -2.44. The average molecular weight is 304 g/mol. The highest BCUT2D eigenvalue weighted by Crippen LogP contribution is 2.42. The smallest absolute Gasteiger partial charge is 0.138 e. The zero-order chi connectivity index (χ0) is 13.4. The van der Waals surface area contributed by atoms with Crippen LogP contribution in [0.2, 0.25) is 0 Å². The summed E-state index contributed by atoms with van der Waals surface area (Å²) in [5, 5.41) is 1.10. The quantitative estimate of drug-likeness (QED) is 0.872. The van der Waals surface area contributed by atoms with Crippen molar-refractivity contribution in [3.8, 4) is 0 Å². The molecule has 5 heterocycles. The van der Waals surface area contributed by atoms with E-state index in [1.165, 1.54) is 54.8 Å². The van der Waals surface area contributed by atoms with Gasteiger partial charge in [-0.3, -0.25) is 4.98 Å². The van der Waals surface area contributed by atoms with Crippen LogP contribution in [0.1, 0.15) is 24.5 Å². The van der Waals surface area contributed by atoms with Crippen LogP contribution in [0.15, 0.2) is 34.4 Å². The van der Waals surface area contributed by atoms with Crippen LogP contribution in [0.25, 0.3) is 0 Å².